The maximum absolute atomic E-state index is 6.16. The molecule has 0 amide bonds. The molecular weight excluding hydrogens is 615 g/mol. The first-order chi connectivity index (χ1) is 24.3. The Hall–Kier alpha value is -6.16. The highest BCUT2D eigenvalue weighted by molar-refractivity contribution is 7.25. The van der Waals surface area contributed by atoms with Crippen molar-refractivity contribution in [2.24, 2.45) is 0 Å². The molecule has 0 N–H and O–H groups in total. The van der Waals surface area contributed by atoms with Crippen LogP contribution in [0.3, 0.4) is 0 Å². The minimum atomic E-state index is 0.925. The van der Waals surface area contributed by atoms with Crippen molar-refractivity contribution in [1.29, 1.82) is 0 Å². The van der Waals surface area contributed by atoms with Crippen LogP contribution in [0, 0.1) is 0 Å². The van der Waals surface area contributed by atoms with Crippen molar-refractivity contribution in [3.63, 3.8) is 0 Å². The summed E-state index contributed by atoms with van der Waals surface area (Å²) in [5.41, 5.74) is 9.99. The van der Waals surface area contributed by atoms with Crippen LogP contribution in [-0.2, 0) is 0 Å². The lowest BCUT2D eigenvalue weighted by atomic mass is 9.99. The summed E-state index contributed by atoms with van der Waals surface area (Å²) < 4.78 is 8.75. The first kappa shape index (κ1) is 27.9. The molecular formula is C46H29NOS. The van der Waals surface area contributed by atoms with E-state index >= 15 is 0 Å². The summed E-state index contributed by atoms with van der Waals surface area (Å²) in [6.45, 7) is 0. The van der Waals surface area contributed by atoms with Crippen LogP contribution in [0.2, 0.25) is 0 Å². The Bertz CT molecular complexity index is 2830. The predicted octanol–water partition coefficient (Wildman–Crippen LogP) is 13.9. The molecule has 2 heterocycles. The molecule has 49 heavy (non-hydrogen) atoms. The van der Waals surface area contributed by atoms with Crippen LogP contribution in [0.15, 0.2) is 180 Å². The van der Waals surface area contributed by atoms with Gasteiger partial charge in [0, 0.05) is 47.9 Å². The molecule has 0 saturated heterocycles. The average Bonchev–Trinajstić information content (AvgIpc) is 3.72. The number of hydrogen-bond acceptors (Lipinski definition) is 3. The van der Waals surface area contributed by atoms with Gasteiger partial charge in [0.1, 0.15) is 11.2 Å². The summed E-state index contributed by atoms with van der Waals surface area (Å²) >= 11 is 1.85. The third kappa shape index (κ3) is 4.70. The monoisotopic (exact) mass is 643 g/mol. The van der Waals surface area contributed by atoms with Gasteiger partial charge in [0.2, 0.25) is 0 Å². The Kier molecular flexibility index (Phi) is 6.39. The summed E-state index contributed by atoms with van der Waals surface area (Å²) in [4.78, 5) is 2.40. The zero-order valence-corrected chi connectivity index (χ0v) is 27.3. The van der Waals surface area contributed by atoms with Crippen LogP contribution < -0.4 is 4.90 Å². The predicted molar refractivity (Wildman–Crippen MR) is 210 cm³/mol. The van der Waals surface area contributed by atoms with Crippen LogP contribution in [-0.4, -0.2) is 0 Å². The Morgan fingerprint density at radius 1 is 0.388 bits per heavy atom. The molecule has 2 nitrogen and oxygen atoms in total. The molecule has 0 saturated carbocycles. The van der Waals surface area contributed by atoms with E-state index in [1.807, 2.05) is 23.5 Å². The maximum atomic E-state index is 6.16. The number of nitrogens with zero attached hydrogens (tertiary/aromatic N) is 1. The Morgan fingerprint density at radius 2 is 1.10 bits per heavy atom. The second-order valence-electron chi connectivity index (χ2n) is 12.6. The molecule has 0 fully saturated rings. The van der Waals surface area contributed by atoms with E-state index in [0.717, 1.165) is 39.0 Å². The van der Waals surface area contributed by atoms with Gasteiger partial charge in [-0.05, 0) is 88.1 Å². The number of fused-ring (bicyclic) bond motifs is 7. The SMILES string of the molecule is c1ccc(-c2ccccc2N(c2ccc(-c3ccc4cc5oc6ccccc6c5cc4c3)cc2)c2ccc3c(c2)sc2ccccc23)cc1. The van der Waals surface area contributed by atoms with E-state index in [9.17, 15) is 0 Å². The number of rotatable bonds is 5. The van der Waals surface area contributed by atoms with E-state index in [1.165, 1.54) is 53.2 Å². The number of furan rings is 1. The number of thiophene rings is 1. The van der Waals surface area contributed by atoms with Crippen LogP contribution >= 0.6 is 11.3 Å². The van der Waals surface area contributed by atoms with Crippen molar-refractivity contribution in [2.45, 2.75) is 0 Å². The summed E-state index contributed by atoms with van der Waals surface area (Å²) in [6.07, 6.45) is 0. The zero-order chi connectivity index (χ0) is 32.3. The van der Waals surface area contributed by atoms with Crippen LogP contribution in [0.25, 0.3) is 75.1 Å². The van der Waals surface area contributed by atoms with Crippen molar-refractivity contribution in [2.75, 3.05) is 4.90 Å². The molecule has 0 radical (unpaired) electrons. The highest BCUT2D eigenvalue weighted by Gasteiger charge is 2.19. The second kappa shape index (κ2) is 11.2. The number of benzene rings is 8. The molecule has 0 bridgehead atoms. The van der Waals surface area contributed by atoms with Gasteiger partial charge in [0.15, 0.2) is 0 Å². The van der Waals surface area contributed by atoms with Crippen molar-refractivity contribution < 1.29 is 4.42 Å². The lowest BCUT2D eigenvalue weighted by Gasteiger charge is -2.28. The topological polar surface area (TPSA) is 16.4 Å². The Morgan fingerprint density at radius 3 is 2.00 bits per heavy atom. The van der Waals surface area contributed by atoms with Gasteiger partial charge in [0.05, 0.1) is 5.69 Å². The van der Waals surface area contributed by atoms with Crippen molar-refractivity contribution in [1.82, 2.24) is 0 Å². The third-order valence-electron chi connectivity index (χ3n) is 9.64. The molecule has 0 spiro atoms. The summed E-state index contributed by atoms with van der Waals surface area (Å²) in [5, 5.41) is 7.29. The van der Waals surface area contributed by atoms with Crippen LogP contribution in [0.5, 0.6) is 0 Å². The molecule has 0 unspecified atom stereocenters. The van der Waals surface area contributed by atoms with Gasteiger partial charge in [-0.3, -0.25) is 0 Å². The molecule has 3 heteroatoms. The molecule has 10 aromatic rings. The third-order valence-corrected chi connectivity index (χ3v) is 10.8. The normalized spacial score (nSPS) is 11.7. The minimum Gasteiger partial charge on any atom is -0.456 e. The summed E-state index contributed by atoms with van der Waals surface area (Å²) in [5.74, 6) is 0. The van der Waals surface area contributed by atoms with Gasteiger partial charge in [-0.2, -0.15) is 0 Å². The highest BCUT2D eigenvalue weighted by atomic mass is 32.1. The number of para-hydroxylation sites is 2. The Labute approximate surface area is 287 Å². The fourth-order valence-electron chi connectivity index (χ4n) is 7.26. The minimum absolute atomic E-state index is 0.925. The zero-order valence-electron chi connectivity index (χ0n) is 26.5. The lowest BCUT2D eigenvalue weighted by molar-refractivity contribution is 0.669. The van der Waals surface area contributed by atoms with E-state index < -0.39 is 0 Å². The summed E-state index contributed by atoms with van der Waals surface area (Å²) in [7, 11) is 0. The van der Waals surface area contributed by atoms with E-state index in [0.29, 0.717) is 0 Å². The van der Waals surface area contributed by atoms with Crippen LogP contribution in [0.4, 0.5) is 17.1 Å². The molecule has 0 aliphatic rings. The standard InChI is InChI=1S/C46H29NOS/c1-2-10-31(11-3-1)37-12-4-7-15-42(37)47(36-24-25-40-39-14-6-9-17-45(39)49-46(40)29-36)35-22-20-30(21-23-35)32-18-19-33-28-44-41(27-34(33)26-32)38-13-5-8-16-43(38)48-44/h1-29H. The smallest absolute Gasteiger partial charge is 0.136 e. The fourth-order valence-corrected chi connectivity index (χ4v) is 8.40. The second-order valence-corrected chi connectivity index (χ2v) is 13.6. The van der Waals surface area contributed by atoms with Crippen molar-refractivity contribution >= 4 is 81.3 Å². The van der Waals surface area contributed by atoms with E-state index in [4.69, 9.17) is 4.42 Å². The first-order valence-corrected chi connectivity index (χ1v) is 17.4. The maximum Gasteiger partial charge on any atom is 0.136 e. The molecule has 0 aliphatic heterocycles. The van der Waals surface area contributed by atoms with E-state index in [1.54, 1.807) is 0 Å². The van der Waals surface area contributed by atoms with E-state index in [-0.39, 0.29) is 0 Å². The summed E-state index contributed by atoms with van der Waals surface area (Å²) in [6, 6.07) is 63.4. The van der Waals surface area contributed by atoms with E-state index in [2.05, 4.69) is 169 Å². The number of hydrogen-bond donors (Lipinski definition) is 0. The molecule has 0 aliphatic carbocycles. The molecule has 230 valence electrons. The van der Waals surface area contributed by atoms with Gasteiger partial charge in [-0.15, -0.1) is 11.3 Å². The van der Waals surface area contributed by atoms with Gasteiger partial charge >= 0.3 is 0 Å². The highest BCUT2D eigenvalue weighted by Crippen LogP contribution is 2.44. The molecule has 8 aromatic carbocycles. The van der Waals surface area contributed by atoms with Gasteiger partial charge in [-0.1, -0.05) is 115 Å². The number of anilines is 3. The lowest BCUT2D eigenvalue weighted by Crippen LogP contribution is -2.11. The quantitative estimate of drug-likeness (QED) is 0.186. The van der Waals surface area contributed by atoms with Crippen molar-refractivity contribution in [3.8, 4) is 22.3 Å². The van der Waals surface area contributed by atoms with Gasteiger partial charge in [0.25, 0.3) is 0 Å². The largest absolute Gasteiger partial charge is 0.456 e. The average molecular weight is 644 g/mol. The molecule has 10 rings (SSSR count). The van der Waals surface area contributed by atoms with Crippen molar-refractivity contribution in [3.05, 3.63) is 176 Å². The van der Waals surface area contributed by atoms with Gasteiger partial charge in [-0.25, -0.2) is 0 Å². The fraction of sp³-hybridized carbons (Fsp3) is 0. The first-order valence-electron chi connectivity index (χ1n) is 16.6. The molecule has 0 atom stereocenters. The molecule has 2 aromatic heterocycles. The Balaban J connectivity index is 1.10. The van der Waals surface area contributed by atoms with Gasteiger partial charge < -0.3 is 9.32 Å². The van der Waals surface area contributed by atoms with Crippen LogP contribution in [0.1, 0.15) is 0 Å².